The molecular weight excluding hydrogens is 344 g/mol. The van der Waals surface area contributed by atoms with Crippen molar-refractivity contribution in [2.45, 2.75) is 31.3 Å². The van der Waals surface area contributed by atoms with Crippen LogP contribution in [-0.2, 0) is 11.8 Å². The third-order valence-corrected chi connectivity index (χ3v) is 6.02. The Balaban J connectivity index is 1.46. The van der Waals surface area contributed by atoms with Gasteiger partial charge >= 0.3 is 0 Å². The summed E-state index contributed by atoms with van der Waals surface area (Å²) in [5.74, 6) is 1.17. The molecule has 1 aromatic carbocycles. The molecule has 27 heavy (non-hydrogen) atoms. The number of aryl methyl sites for hydroxylation is 1. The fourth-order valence-corrected chi connectivity index (χ4v) is 4.09. The van der Waals surface area contributed by atoms with Gasteiger partial charge in [-0.1, -0.05) is 0 Å². The zero-order valence-electron chi connectivity index (χ0n) is 16.1. The summed E-state index contributed by atoms with van der Waals surface area (Å²) in [5, 5.41) is 13.5. The zero-order valence-corrected chi connectivity index (χ0v) is 16.1. The van der Waals surface area contributed by atoms with E-state index in [9.17, 15) is 9.90 Å². The average molecular weight is 372 g/mol. The Morgan fingerprint density at radius 3 is 2.78 bits per heavy atom. The van der Waals surface area contributed by atoms with Crippen molar-refractivity contribution >= 4 is 22.9 Å². The van der Waals surface area contributed by atoms with Gasteiger partial charge in [-0.2, -0.15) is 0 Å². The summed E-state index contributed by atoms with van der Waals surface area (Å²) in [4.78, 5) is 19.4. The normalized spacial score (nSPS) is 19.4. The molecular formula is C20H28N4O3. The van der Waals surface area contributed by atoms with Crippen molar-refractivity contribution in [2.24, 2.45) is 13.0 Å². The van der Waals surface area contributed by atoms with Crippen molar-refractivity contribution in [3.63, 3.8) is 0 Å². The first-order chi connectivity index (χ1) is 13.0. The average Bonchev–Trinajstić information content (AvgIpc) is 3.37. The van der Waals surface area contributed by atoms with Gasteiger partial charge < -0.3 is 24.6 Å². The number of nitrogens with zero attached hydrogens (tertiary/aromatic N) is 3. The maximum atomic E-state index is 12.9. The molecule has 0 bridgehead atoms. The van der Waals surface area contributed by atoms with E-state index in [-0.39, 0.29) is 5.91 Å². The van der Waals surface area contributed by atoms with Gasteiger partial charge in [0.1, 0.15) is 0 Å². The number of methoxy groups -OCH3 is 1. The van der Waals surface area contributed by atoms with Crippen LogP contribution >= 0.6 is 0 Å². The number of hydrogen-bond donors (Lipinski definition) is 2. The van der Waals surface area contributed by atoms with Gasteiger partial charge in [0.15, 0.2) is 0 Å². The van der Waals surface area contributed by atoms with Gasteiger partial charge in [0.2, 0.25) is 5.95 Å². The number of piperidine rings is 1. The number of amides is 1. The van der Waals surface area contributed by atoms with Gasteiger partial charge in [-0.3, -0.25) is 4.79 Å². The predicted octanol–water partition coefficient (Wildman–Crippen LogP) is 2.01. The van der Waals surface area contributed by atoms with Crippen LogP contribution in [0.2, 0.25) is 0 Å². The number of ether oxygens (including phenoxy) is 1. The number of rotatable bonds is 6. The minimum atomic E-state index is -0.436. The number of carbonyl (C=O) groups is 1. The van der Waals surface area contributed by atoms with Gasteiger partial charge in [0.25, 0.3) is 5.91 Å². The van der Waals surface area contributed by atoms with E-state index in [2.05, 4.69) is 10.3 Å². The van der Waals surface area contributed by atoms with Crippen LogP contribution in [-0.4, -0.2) is 64.4 Å². The van der Waals surface area contributed by atoms with Crippen molar-refractivity contribution < 1.29 is 14.6 Å². The molecule has 2 aromatic rings. The van der Waals surface area contributed by atoms with Crippen molar-refractivity contribution in [3.8, 4) is 0 Å². The molecule has 2 aliphatic rings. The highest BCUT2D eigenvalue weighted by atomic mass is 16.5. The number of aromatic nitrogens is 2. The maximum absolute atomic E-state index is 12.9. The summed E-state index contributed by atoms with van der Waals surface area (Å²) < 4.78 is 7.05. The number of nitrogens with one attached hydrogen (secondary N) is 1. The number of aliphatic hydroxyl groups is 1. The summed E-state index contributed by atoms with van der Waals surface area (Å²) in [5.41, 5.74) is 2.04. The Morgan fingerprint density at radius 2 is 2.11 bits per heavy atom. The second-order valence-corrected chi connectivity index (χ2v) is 7.79. The fraction of sp³-hybridized carbons (Fsp3) is 0.600. The molecule has 2 heterocycles. The third kappa shape index (κ3) is 3.53. The van der Waals surface area contributed by atoms with Crippen LogP contribution in [0.5, 0.6) is 0 Å². The van der Waals surface area contributed by atoms with Gasteiger partial charge in [-0.15, -0.1) is 0 Å². The van der Waals surface area contributed by atoms with E-state index >= 15 is 0 Å². The van der Waals surface area contributed by atoms with E-state index in [1.807, 2.05) is 34.7 Å². The molecule has 1 aromatic heterocycles. The van der Waals surface area contributed by atoms with Crippen LogP contribution in [0.15, 0.2) is 18.2 Å². The first-order valence-corrected chi connectivity index (χ1v) is 9.73. The minimum absolute atomic E-state index is 0.0534. The number of fused-ring (bicyclic) bond motifs is 1. The molecule has 7 heteroatoms. The molecule has 0 radical (unpaired) electrons. The van der Waals surface area contributed by atoms with Crippen molar-refractivity contribution in [1.82, 2.24) is 14.5 Å². The summed E-state index contributed by atoms with van der Waals surface area (Å²) in [6.07, 6.45) is 3.62. The Hall–Kier alpha value is -2.12. The predicted molar refractivity (Wildman–Crippen MR) is 104 cm³/mol. The van der Waals surface area contributed by atoms with E-state index in [0.29, 0.717) is 24.6 Å². The molecule has 1 aliphatic carbocycles. The largest absolute Gasteiger partial charge is 0.390 e. The topological polar surface area (TPSA) is 79.6 Å². The smallest absolute Gasteiger partial charge is 0.253 e. The lowest BCUT2D eigenvalue weighted by atomic mass is 9.89. The summed E-state index contributed by atoms with van der Waals surface area (Å²) >= 11 is 0. The Bertz CT molecular complexity index is 835. The summed E-state index contributed by atoms with van der Waals surface area (Å²) in [6, 6.07) is 5.71. The molecule has 146 valence electrons. The zero-order chi connectivity index (χ0) is 19.0. The highest BCUT2D eigenvalue weighted by molar-refractivity contribution is 5.97. The van der Waals surface area contributed by atoms with Gasteiger partial charge in [0, 0.05) is 39.4 Å². The second-order valence-electron chi connectivity index (χ2n) is 7.79. The highest BCUT2D eigenvalue weighted by Gasteiger charge is 2.48. The number of benzene rings is 1. The van der Waals surface area contributed by atoms with Crippen LogP contribution in [0.3, 0.4) is 0 Å². The highest BCUT2D eigenvalue weighted by Crippen LogP contribution is 2.46. The standard InChI is InChI=1S/C20H28N4O3/c1-23-17-4-3-14(13-16(17)22-19(23)21-9-12-27-2)18(25)24-10-5-15(6-11-24)20(26)7-8-20/h3-4,13,15,26H,5-12H2,1-2H3,(H,21,22). The molecule has 7 nitrogen and oxygen atoms in total. The maximum Gasteiger partial charge on any atom is 0.253 e. The lowest BCUT2D eigenvalue weighted by molar-refractivity contribution is 0.0340. The van der Waals surface area contributed by atoms with E-state index in [1.165, 1.54) is 0 Å². The molecule has 1 saturated carbocycles. The van der Waals surface area contributed by atoms with E-state index in [1.54, 1.807) is 7.11 Å². The number of hydrogen-bond acceptors (Lipinski definition) is 5. The van der Waals surface area contributed by atoms with Gasteiger partial charge in [-0.05, 0) is 49.8 Å². The summed E-state index contributed by atoms with van der Waals surface area (Å²) in [7, 11) is 3.63. The van der Waals surface area contributed by atoms with Crippen LogP contribution in [0.25, 0.3) is 11.0 Å². The van der Waals surface area contributed by atoms with Crippen molar-refractivity contribution in [2.75, 3.05) is 38.7 Å². The number of carbonyl (C=O) groups excluding carboxylic acids is 1. The lowest BCUT2D eigenvalue weighted by Gasteiger charge is -2.34. The quantitative estimate of drug-likeness (QED) is 0.759. The van der Waals surface area contributed by atoms with Crippen LogP contribution in [0.1, 0.15) is 36.0 Å². The Morgan fingerprint density at radius 1 is 1.37 bits per heavy atom. The Labute approximate surface area is 159 Å². The molecule has 0 atom stereocenters. The third-order valence-electron chi connectivity index (χ3n) is 6.02. The molecule has 0 spiro atoms. The molecule has 0 unspecified atom stereocenters. The monoisotopic (exact) mass is 372 g/mol. The molecule has 2 N–H and O–H groups in total. The molecule has 2 fully saturated rings. The van der Waals surface area contributed by atoms with Crippen LogP contribution in [0.4, 0.5) is 5.95 Å². The molecule has 1 aliphatic heterocycles. The van der Waals surface area contributed by atoms with Crippen molar-refractivity contribution in [3.05, 3.63) is 23.8 Å². The van der Waals surface area contributed by atoms with Crippen molar-refractivity contribution in [1.29, 1.82) is 0 Å². The first kappa shape index (κ1) is 18.3. The molecule has 4 rings (SSSR count). The van der Waals surface area contributed by atoms with Gasteiger partial charge in [-0.25, -0.2) is 4.98 Å². The Kier molecular flexibility index (Phi) is 4.82. The van der Waals surface area contributed by atoms with Gasteiger partial charge in [0.05, 0.1) is 23.2 Å². The molecule has 1 saturated heterocycles. The van der Waals surface area contributed by atoms with E-state index in [4.69, 9.17) is 4.74 Å². The van der Waals surface area contributed by atoms with E-state index in [0.717, 1.165) is 55.8 Å². The number of imidazole rings is 1. The first-order valence-electron chi connectivity index (χ1n) is 9.73. The lowest BCUT2D eigenvalue weighted by Crippen LogP contribution is -2.41. The van der Waals surface area contributed by atoms with Crippen LogP contribution < -0.4 is 5.32 Å². The van der Waals surface area contributed by atoms with E-state index < -0.39 is 5.60 Å². The number of anilines is 1. The second kappa shape index (κ2) is 7.13. The minimum Gasteiger partial charge on any atom is -0.390 e. The number of likely N-dealkylation sites (tertiary alicyclic amines) is 1. The fourth-order valence-electron chi connectivity index (χ4n) is 4.09. The SMILES string of the molecule is COCCNc1nc2cc(C(=O)N3CCC(C4(O)CC4)CC3)ccc2n1C. The molecule has 1 amide bonds. The summed E-state index contributed by atoms with van der Waals surface area (Å²) in [6.45, 7) is 2.73. The van der Waals surface area contributed by atoms with Crippen LogP contribution in [0, 0.1) is 5.92 Å².